The highest BCUT2D eigenvalue weighted by Gasteiger charge is 2.07. The summed E-state index contributed by atoms with van der Waals surface area (Å²) in [5.74, 6) is 1.69. The summed E-state index contributed by atoms with van der Waals surface area (Å²) in [4.78, 5) is 8.57. The van der Waals surface area contributed by atoms with Crippen molar-refractivity contribution in [3.8, 4) is 0 Å². The zero-order valence-corrected chi connectivity index (χ0v) is 13.1. The zero-order chi connectivity index (χ0) is 15.1. The number of para-hydroxylation sites is 1. The Balaban J connectivity index is 2.25. The number of benzene rings is 1. The van der Waals surface area contributed by atoms with E-state index in [1.807, 2.05) is 6.07 Å². The lowest BCUT2D eigenvalue weighted by molar-refractivity contribution is 0.965. The van der Waals surface area contributed by atoms with E-state index in [-0.39, 0.29) is 0 Å². The first-order valence-corrected chi connectivity index (χ1v) is 7.72. The third-order valence-corrected chi connectivity index (χ3v) is 3.48. The molecule has 0 aliphatic carbocycles. The van der Waals surface area contributed by atoms with Crippen LogP contribution < -0.4 is 10.6 Å². The Kier molecular flexibility index (Phi) is 5.55. The molecule has 0 spiro atoms. The number of hydrogen-bond acceptors (Lipinski definition) is 4. The summed E-state index contributed by atoms with van der Waals surface area (Å²) in [5.41, 5.74) is 3.81. The first kappa shape index (κ1) is 15.3. The number of rotatable bonds is 7. The monoisotopic (exact) mass is 284 g/mol. The lowest BCUT2D eigenvalue weighted by Crippen LogP contribution is -2.05. The molecular weight excluding hydrogens is 260 g/mol. The van der Waals surface area contributed by atoms with Crippen molar-refractivity contribution in [1.29, 1.82) is 0 Å². The predicted molar refractivity (Wildman–Crippen MR) is 89.3 cm³/mol. The molecule has 112 valence electrons. The molecule has 0 atom stereocenters. The van der Waals surface area contributed by atoms with Crippen molar-refractivity contribution in [2.45, 2.75) is 40.0 Å². The van der Waals surface area contributed by atoms with Crippen LogP contribution in [0.3, 0.4) is 0 Å². The molecule has 1 aromatic carbocycles. The summed E-state index contributed by atoms with van der Waals surface area (Å²) in [5, 5.41) is 6.76. The molecule has 0 aliphatic heterocycles. The molecular formula is C17H24N4. The smallest absolute Gasteiger partial charge is 0.135 e. The van der Waals surface area contributed by atoms with Gasteiger partial charge in [-0.2, -0.15) is 0 Å². The average molecular weight is 284 g/mol. The third-order valence-electron chi connectivity index (χ3n) is 3.48. The minimum absolute atomic E-state index is 0.833. The maximum Gasteiger partial charge on any atom is 0.135 e. The second-order valence-electron chi connectivity index (χ2n) is 5.00. The van der Waals surface area contributed by atoms with Crippen LogP contribution in [-0.4, -0.2) is 16.5 Å². The van der Waals surface area contributed by atoms with Gasteiger partial charge in [-0.25, -0.2) is 9.97 Å². The first-order chi connectivity index (χ1) is 10.3. The molecule has 0 unspecified atom stereocenters. The molecule has 0 saturated carbocycles. The van der Waals surface area contributed by atoms with Crippen molar-refractivity contribution in [2.24, 2.45) is 0 Å². The molecule has 0 saturated heterocycles. The van der Waals surface area contributed by atoms with Gasteiger partial charge in [-0.1, -0.05) is 39.0 Å². The van der Waals surface area contributed by atoms with Crippen molar-refractivity contribution in [2.75, 3.05) is 17.2 Å². The van der Waals surface area contributed by atoms with Crippen molar-refractivity contribution in [3.05, 3.63) is 41.7 Å². The van der Waals surface area contributed by atoms with Gasteiger partial charge in [0, 0.05) is 18.3 Å². The van der Waals surface area contributed by atoms with E-state index in [0.717, 1.165) is 37.4 Å². The highest BCUT2D eigenvalue weighted by molar-refractivity contribution is 5.66. The van der Waals surface area contributed by atoms with Gasteiger partial charge in [0.15, 0.2) is 0 Å². The summed E-state index contributed by atoms with van der Waals surface area (Å²) < 4.78 is 0. The second kappa shape index (κ2) is 7.62. The third kappa shape index (κ3) is 3.94. The highest BCUT2D eigenvalue weighted by Crippen LogP contribution is 2.26. The molecule has 2 rings (SSSR count). The van der Waals surface area contributed by atoms with E-state index in [9.17, 15) is 0 Å². The summed E-state index contributed by atoms with van der Waals surface area (Å²) in [7, 11) is 0. The van der Waals surface area contributed by atoms with Gasteiger partial charge in [0.2, 0.25) is 0 Å². The maximum absolute atomic E-state index is 4.33. The van der Waals surface area contributed by atoms with Crippen molar-refractivity contribution >= 4 is 17.3 Å². The quantitative estimate of drug-likeness (QED) is 0.801. The fourth-order valence-corrected chi connectivity index (χ4v) is 2.31. The Morgan fingerprint density at radius 1 is 0.952 bits per heavy atom. The topological polar surface area (TPSA) is 49.8 Å². The van der Waals surface area contributed by atoms with Crippen LogP contribution in [0.4, 0.5) is 17.3 Å². The SMILES string of the molecule is CCCNc1cc(Nc2c(CC)cccc2CC)ncn1. The molecule has 0 bridgehead atoms. The number of aryl methyl sites for hydroxylation is 2. The number of anilines is 3. The van der Waals surface area contributed by atoms with Crippen molar-refractivity contribution in [3.63, 3.8) is 0 Å². The Bertz CT molecular complexity index is 559. The predicted octanol–water partition coefficient (Wildman–Crippen LogP) is 4.17. The van der Waals surface area contributed by atoms with Crippen LogP contribution in [0, 0.1) is 0 Å². The molecule has 4 nitrogen and oxygen atoms in total. The van der Waals surface area contributed by atoms with Crippen LogP contribution in [0.2, 0.25) is 0 Å². The molecule has 0 aliphatic rings. The van der Waals surface area contributed by atoms with Gasteiger partial charge in [0.05, 0.1) is 0 Å². The van der Waals surface area contributed by atoms with Crippen LogP contribution in [0.5, 0.6) is 0 Å². The normalized spacial score (nSPS) is 10.4. The highest BCUT2D eigenvalue weighted by atomic mass is 15.1. The molecule has 2 N–H and O–H groups in total. The van der Waals surface area contributed by atoms with E-state index in [0.29, 0.717) is 0 Å². The largest absolute Gasteiger partial charge is 0.370 e. The minimum Gasteiger partial charge on any atom is -0.370 e. The maximum atomic E-state index is 4.33. The average Bonchev–Trinajstić information content (AvgIpc) is 2.53. The molecule has 21 heavy (non-hydrogen) atoms. The number of nitrogens with zero attached hydrogens (tertiary/aromatic N) is 2. The molecule has 1 aromatic heterocycles. The summed E-state index contributed by atoms with van der Waals surface area (Å²) >= 11 is 0. The van der Waals surface area contributed by atoms with Gasteiger partial charge in [0.1, 0.15) is 18.0 Å². The van der Waals surface area contributed by atoms with Gasteiger partial charge >= 0.3 is 0 Å². The van der Waals surface area contributed by atoms with E-state index >= 15 is 0 Å². The fourth-order valence-electron chi connectivity index (χ4n) is 2.31. The zero-order valence-electron chi connectivity index (χ0n) is 13.1. The van der Waals surface area contributed by atoms with E-state index < -0.39 is 0 Å². The summed E-state index contributed by atoms with van der Waals surface area (Å²) in [6.07, 6.45) is 4.68. The van der Waals surface area contributed by atoms with Gasteiger partial charge in [-0.3, -0.25) is 0 Å². The molecule has 0 radical (unpaired) electrons. The van der Waals surface area contributed by atoms with Gasteiger partial charge in [-0.15, -0.1) is 0 Å². The molecule has 2 aromatic rings. The molecule has 0 fully saturated rings. The summed E-state index contributed by atoms with van der Waals surface area (Å²) in [6, 6.07) is 8.41. The van der Waals surface area contributed by atoms with Crippen molar-refractivity contribution in [1.82, 2.24) is 9.97 Å². The van der Waals surface area contributed by atoms with Crippen LogP contribution in [-0.2, 0) is 12.8 Å². The molecule has 1 heterocycles. The number of nitrogens with one attached hydrogen (secondary N) is 2. The Hall–Kier alpha value is -2.10. The lowest BCUT2D eigenvalue weighted by atomic mass is 10.0. The lowest BCUT2D eigenvalue weighted by Gasteiger charge is -2.15. The van der Waals surface area contributed by atoms with Crippen molar-refractivity contribution < 1.29 is 0 Å². The van der Waals surface area contributed by atoms with E-state index in [2.05, 4.69) is 59.6 Å². The minimum atomic E-state index is 0.833. The van der Waals surface area contributed by atoms with Gasteiger partial charge in [-0.05, 0) is 30.4 Å². The number of hydrogen-bond donors (Lipinski definition) is 2. The van der Waals surface area contributed by atoms with Crippen LogP contribution in [0.15, 0.2) is 30.6 Å². The molecule has 4 heteroatoms. The molecule has 0 amide bonds. The Morgan fingerprint density at radius 2 is 1.62 bits per heavy atom. The standard InChI is InChI=1S/C17H24N4/c1-4-10-18-15-11-16(20-12-19-15)21-17-13(5-2)8-7-9-14(17)6-3/h7-9,11-12H,4-6,10H2,1-3H3,(H2,18,19,20,21). The summed E-state index contributed by atoms with van der Waals surface area (Å²) in [6.45, 7) is 7.41. The van der Waals surface area contributed by atoms with Gasteiger partial charge < -0.3 is 10.6 Å². The van der Waals surface area contributed by atoms with E-state index in [4.69, 9.17) is 0 Å². The van der Waals surface area contributed by atoms with Crippen LogP contribution in [0.1, 0.15) is 38.3 Å². The Labute approximate surface area is 127 Å². The Morgan fingerprint density at radius 3 is 2.24 bits per heavy atom. The van der Waals surface area contributed by atoms with Crippen LogP contribution >= 0.6 is 0 Å². The number of aromatic nitrogens is 2. The fraction of sp³-hybridized carbons (Fsp3) is 0.412. The van der Waals surface area contributed by atoms with Crippen LogP contribution in [0.25, 0.3) is 0 Å². The first-order valence-electron chi connectivity index (χ1n) is 7.72. The van der Waals surface area contributed by atoms with E-state index in [1.165, 1.54) is 16.8 Å². The van der Waals surface area contributed by atoms with E-state index in [1.54, 1.807) is 6.33 Å². The second-order valence-corrected chi connectivity index (χ2v) is 5.00. The van der Waals surface area contributed by atoms with Gasteiger partial charge in [0.25, 0.3) is 0 Å².